The highest BCUT2D eigenvalue weighted by molar-refractivity contribution is 7.92. The van der Waals surface area contributed by atoms with Gasteiger partial charge in [0.2, 0.25) is 5.91 Å². The van der Waals surface area contributed by atoms with Crippen LogP contribution in [0.2, 0.25) is 0 Å². The van der Waals surface area contributed by atoms with Crippen molar-refractivity contribution in [2.75, 3.05) is 17.1 Å². The van der Waals surface area contributed by atoms with Gasteiger partial charge in [-0.05, 0) is 98.7 Å². The number of hydrogen-bond acceptors (Lipinski definition) is 4. The Bertz CT molecular complexity index is 1110. The Hall–Kier alpha value is -2.61. The zero-order chi connectivity index (χ0) is 22.5. The van der Waals surface area contributed by atoms with E-state index in [1.807, 2.05) is 0 Å². The molecule has 0 aliphatic heterocycles. The van der Waals surface area contributed by atoms with Crippen LogP contribution in [0.15, 0.2) is 47.4 Å². The molecule has 0 heterocycles. The van der Waals surface area contributed by atoms with Crippen molar-refractivity contribution < 1.29 is 22.3 Å². The largest absolute Gasteiger partial charge is 0.495 e. The molecule has 4 saturated carbocycles. The predicted molar refractivity (Wildman–Crippen MR) is 119 cm³/mol. The van der Waals surface area contributed by atoms with Crippen LogP contribution >= 0.6 is 0 Å². The molecule has 0 aromatic heterocycles. The number of sulfonamides is 1. The molecule has 6 rings (SSSR count). The minimum atomic E-state index is -3.95. The number of halogens is 1. The third kappa shape index (κ3) is 3.85. The Balaban J connectivity index is 1.37. The van der Waals surface area contributed by atoms with Gasteiger partial charge in [0.25, 0.3) is 10.0 Å². The minimum absolute atomic E-state index is 0.0362. The molecule has 0 radical (unpaired) electrons. The highest BCUT2D eigenvalue weighted by Gasteiger charge is 2.54. The Morgan fingerprint density at radius 3 is 2.16 bits per heavy atom. The Kier molecular flexibility index (Phi) is 5.15. The molecule has 0 spiro atoms. The number of hydrogen-bond donors (Lipinski definition) is 2. The van der Waals surface area contributed by atoms with Crippen molar-refractivity contribution >= 4 is 27.3 Å². The van der Waals surface area contributed by atoms with Gasteiger partial charge in [0, 0.05) is 5.69 Å². The van der Waals surface area contributed by atoms with E-state index in [4.69, 9.17) is 4.74 Å². The minimum Gasteiger partial charge on any atom is -0.495 e. The van der Waals surface area contributed by atoms with Crippen molar-refractivity contribution in [1.82, 2.24) is 0 Å². The standard InChI is InChI=1S/C24H27FN2O4S/c1-31-22-7-4-19(11-21(22)27-32(29,30)20-5-2-18(25)3-6-20)26-23(28)24-12-15-8-16(13-24)10-17(9-15)14-24/h2-7,11,15-17,27H,8-10,12-14H2,1H3,(H,26,28). The van der Waals surface area contributed by atoms with E-state index in [0.717, 1.165) is 31.4 Å². The summed E-state index contributed by atoms with van der Waals surface area (Å²) in [5.41, 5.74) is 0.422. The maximum absolute atomic E-state index is 13.4. The number of nitrogens with one attached hydrogen (secondary N) is 2. The summed E-state index contributed by atoms with van der Waals surface area (Å²) in [6, 6.07) is 9.48. The summed E-state index contributed by atoms with van der Waals surface area (Å²) in [6.07, 6.45) is 6.61. The lowest BCUT2D eigenvalue weighted by Crippen LogP contribution is -2.51. The number of benzene rings is 2. The quantitative estimate of drug-likeness (QED) is 0.652. The molecule has 4 fully saturated rings. The molecule has 4 aliphatic carbocycles. The lowest BCUT2D eigenvalue weighted by atomic mass is 9.49. The van der Waals surface area contributed by atoms with Crippen LogP contribution in [0.1, 0.15) is 38.5 Å². The van der Waals surface area contributed by atoms with Crippen molar-refractivity contribution in [2.45, 2.75) is 43.4 Å². The van der Waals surface area contributed by atoms with Gasteiger partial charge in [0.1, 0.15) is 11.6 Å². The summed E-state index contributed by atoms with van der Waals surface area (Å²) >= 11 is 0. The van der Waals surface area contributed by atoms with Gasteiger partial charge < -0.3 is 10.1 Å². The molecule has 0 unspecified atom stereocenters. The fraction of sp³-hybridized carbons (Fsp3) is 0.458. The van der Waals surface area contributed by atoms with E-state index in [2.05, 4.69) is 10.0 Å². The van der Waals surface area contributed by atoms with Crippen LogP contribution in [0.4, 0.5) is 15.8 Å². The van der Waals surface area contributed by atoms with Crippen molar-refractivity contribution in [3.8, 4) is 5.75 Å². The first-order chi connectivity index (χ1) is 15.3. The van der Waals surface area contributed by atoms with Crippen LogP contribution in [0.3, 0.4) is 0 Å². The average Bonchev–Trinajstić information content (AvgIpc) is 2.73. The van der Waals surface area contributed by atoms with Gasteiger partial charge in [-0.1, -0.05) is 0 Å². The van der Waals surface area contributed by atoms with Crippen LogP contribution < -0.4 is 14.8 Å². The van der Waals surface area contributed by atoms with E-state index in [1.165, 1.54) is 38.5 Å². The fourth-order valence-electron chi connectivity index (χ4n) is 6.34. The van der Waals surface area contributed by atoms with Crippen molar-refractivity contribution in [3.63, 3.8) is 0 Å². The second-order valence-corrected chi connectivity index (χ2v) is 11.3. The van der Waals surface area contributed by atoms with Crippen LogP contribution in [0, 0.1) is 29.0 Å². The van der Waals surface area contributed by atoms with Crippen molar-refractivity contribution in [3.05, 3.63) is 48.3 Å². The lowest BCUT2D eigenvalue weighted by Gasteiger charge is -2.55. The van der Waals surface area contributed by atoms with Crippen LogP contribution in [0.25, 0.3) is 0 Å². The second kappa shape index (κ2) is 7.76. The molecule has 1 amide bonds. The number of ether oxygens (including phenoxy) is 1. The number of amides is 1. The van der Waals surface area contributed by atoms with Crippen molar-refractivity contribution in [1.29, 1.82) is 0 Å². The molecule has 8 heteroatoms. The molecule has 4 aliphatic rings. The molecule has 32 heavy (non-hydrogen) atoms. The van der Waals surface area contributed by atoms with Crippen LogP contribution in [0.5, 0.6) is 5.75 Å². The molecule has 0 atom stereocenters. The van der Waals surface area contributed by atoms with Gasteiger partial charge in [0.05, 0.1) is 23.1 Å². The summed E-state index contributed by atoms with van der Waals surface area (Å²) in [5.74, 6) is 1.80. The van der Waals surface area contributed by atoms with Gasteiger partial charge in [-0.3, -0.25) is 9.52 Å². The van der Waals surface area contributed by atoms with Crippen LogP contribution in [-0.2, 0) is 14.8 Å². The third-order valence-electron chi connectivity index (χ3n) is 7.35. The van der Waals surface area contributed by atoms with E-state index in [9.17, 15) is 17.6 Å². The number of rotatable bonds is 6. The zero-order valence-electron chi connectivity index (χ0n) is 17.9. The summed E-state index contributed by atoms with van der Waals surface area (Å²) in [5, 5.41) is 3.04. The van der Waals surface area contributed by atoms with Gasteiger partial charge in [-0.2, -0.15) is 0 Å². The van der Waals surface area contributed by atoms with Crippen LogP contribution in [-0.4, -0.2) is 21.4 Å². The van der Waals surface area contributed by atoms with E-state index >= 15 is 0 Å². The summed E-state index contributed by atoms with van der Waals surface area (Å²) in [4.78, 5) is 13.3. The molecule has 6 nitrogen and oxygen atoms in total. The number of carbonyl (C=O) groups is 1. The summed E-state index contributed by atoms with van der Waals surface area (Å²) in [7, 11) is -2.51. The Morgan fingerprint density at radius 2 is 1.59 bits per heavy atom. The van der Waals surface area contributed by atoms with E-state index in [0.29, 0.717) is 29.2 Å². The average molecular weight is 459 g/mol. The molecule has 2 N–H and O–H groups in total. The maximum Gasteiger partial charge on any atom is 0.262 e. The first-order valence-electron chi connectivity index (χ1n) is 11.0. The first-order valence-corrected chi connectivity index (χ1v) is 12.5. The predicted octanol–water partition coefficient (Wildman–Crippen LogP) is 4.79. The normalized spacial score (nSPS) is 28.4. The number of methoxy groups -OCH3 is 1. The Morgan fingerprint density at radius 1 is 1.00 bits per heavy atom. The zero-order valence-corrected chi connectivity index (χ0v) is 18.8. The van der Waals surface area contributed by atoms with Gasteiger partial charge >= 0.3 is 0 Å². The fourth-order valence-corrected chi connectivity index (χ4v) is 7.40. The molecule has 2 aromatic carbocycles. The number of anilines is 2. The topological polar surface area (TPSA) is 84.5 Å². The lowest BCUT2D eigenvalue weighted by molar-refractivity contribution is -0.140. The smallest absolute Gasteiger partial charge is 0.262 e. The highest BCUT2D eigenvalue weighted by Crippen LogP contribution is 2.60. The number of carbonyl (C=O) groups excluding carboxylic acids is 1. The van der Waals surface area contributed by atoms with Crippen molar-refractivity contribution in [2.24, 2.45) is 23.2 Å². The van der Waals surface area contributed by atoms with E-state index in [1.54, 1.807) is 18.2 Å². The monoisotopic (exact) mass is 458 g/mol. The third-order valence-corrected chi connectivity index (χ3v) is 8.73. The highest BCUT2D eigenvalue weighted by atomic mass is 32.2. The van der Waals surface area contributed by atoms with Gasteiger partial charge in [0.15, 0.2) is 0 Å². The van der Waals surface area contributed by atoms with Gasteiger partial charge in [-0.15, -0.1) is 0 Å². The van der Waals surface area contributed by atoms with E-state index < -0.39 is 15.8 Å². The second-order valence-electron chi connectivity index (χ2n) is 9.63. The molecular formula is C24H27FN2O4S. The first kappa shape index (κ1) is 21.2. The Labute approximate surface area is 187 Å². The maximum atomic E-state index is 13.4. The SMILES string of the molecule is COc1ccc(NC(=O)C23CC4CC(CC(C4)C2)C3)cc1NS(=O)(=O)c1ccc(F)cc1. The summed E-state index contributed by atoms with van der Waals surface area (Å²) < 4.78 is 46.5. The summed E-state index contributed by atoms with van der Waals surface area (Å²) in [6.45, 7) is 0. The molecule has 170 valence electrons. The molecule has 2 aromatic rings. The van der Waals surface area contributed by atoms with Gasteiger partial charge in [-0.25, -0.2) is 12.8 Å². The molecular weight excluding hydrogens is 431 g/mol. The molecule has 0 saturated heterocycles. The van der Waals surface area contributed by atoms with E-state index in [-0.39, 0.29) is 21.9 Å². The molecule has 4 bridgehead atoms.